The van der Waals surface area contributed by atoms with Crippen molar-refractivity contribution in [2.24, 2.45) is 0 Å². The molecular formula is C18H13ClF3N3O4S. The summed E-state index contributed by atoms with van der Waals surface area (Å²) in [5.41, 5.74) is -0.0288. The lowest BCUT2D eigenvalue weighted by atomic mass is 10.1. The first kappa shape index (κ1) is 20.4. The van der Waals surface area contributed by atoms with Crippen LogP contribution >= 0.6 is 11.6 Å². The van der Waals surface area contributed by atoms with Crippen molar-refractivity contribution >= 4 is 38.8 Å². The summed E-state index contributed by atoms with van der Waals surface area (Å²) in [5, 5.41) is 3.42. The number of sulfonamides is 1. The van der Waals surface area contributed by atoms with Gasteiger partial charge in [0.1, 0.15) is 18.6 Å². The van der Waals surface area contributed by atoms with Crippen LogP contribution in [0.25, 0.3) is 0 Å². The van der Waals surface area contributed by atoms with Crippen molar-refractivity contribution in [2.75, 3.05) is 22.8 Å². The second-order valence-electron chi connectivity index (χ2n) is 6.28. The SMILES string of the molecule is O=S(=O)(Nc1ccon1)c1ccc2c(c1)OCCN2c1ccc(C(F)(F)F)cc1Cl. The van der Waals surface area contributed by atoms with E-state index >= 15 is 0 Å². The highest BCUT2D eigenvalue weighted by Gasteiger charge is 2.32. The van der Waals surface area contributed by atoms with Gasteiger partial charge in [0.15, 0.2) is 5.82 Å². The van der Waals surface area contributed by atoms with E-state index in [1.165, 1.54) is 36.6 Å². The van der Waals surface area contributed by atoms with Gasteiger partial charge in [-0.2, -0.15) is 13.2 Å². The van der Waals surface area contributed by atoms with E-state index in [0.717, 1.165) is 12.1 Å². The van der Waals surface area contributed by atoms with Crippen LogP contribution in [0.2, 0.25) is 5.02 Å². The van der Waals surface area contributed by atoms with Gasteiger partial charge in [-0.25, -0.2) is 8.42 Å². The fraction of sp³-hybridized carbons (Fsp3) is 0.167. The number of benzene rings is 2. The number of nitrogens with zero attached hydrogens (tertiary/aromatic N) is 2. The molecule has 0 aliphatic carbocycles. The molecule has 1 aliphatic heterocycles. The van der Waals surface area contributed by atoms with Crippen molar-refractivity contribution in [3.8, 4) is 5.75 Å². The predicted molar refractivity (Wildman–Crippen MR) is 103 cm³/mol. The van der Waals surface area contributed by atoms with E-state index in [2.05, 4.69) is 14.4 Å². The number of alkyl halides is 3. The first-order chi connectivity index (χ1) is 14.1. The molecule has 30 heavy (non-hydrogen) atoms. The Morgan fingerprint density at radius 1 is 1.10 bits per heavy atom. The van der Waals surface area contributed by atoms with Crippen LogP contribution in [0.5, 0.6) is 5.75 Å². The van der Waals surface area contributed by atoms with E-state index in [-0.39, 0.29) is 28.1 Å². The van der Waals surface area contributed by atoms with E-state index in [0.29, 0.717) is 17.9 Å². The van der Waals surface area contributed by atoms with Crippen LogP contribution in [0, 0.1) is 0 Å². The topological polar surface area (TPSA) is 84.7 Å². The van der Waals surface area contributed by atoms with Crippen LogP contribution in [0.15, 0.2) is 58.1 Å². The van der Waals surface area contributed by atoms with Gasteiger partial charge in [0, 0.05) is 12.1 Å². The molecule has 0 amide bonds. The molecule has 1 N–H and O–H groups in total. The average molecular weight is 460 g/mol. The molecule has 3 aromatic rings. The summed E-state index contributed by atoms with van der Waals surface area (Å²) in [6, 6.07) is 8.59. The van der Waals surface area contributed by atoms with Crippen molar-refractivity contribution in [1.29, 1.82) is 0 Å². The second-order valence-corrected chi connectivity index (χ2v) is 8.37. The molecule has 12 heteroatoms. The van der Waals surface area contributed by atoms with Crippen LogP contribution in [0.1, 0.15) is 5.56 Å². The molecule has 4 rings (SSSR count). The summed E-state index contributed by atoms with van der Waals surface area (Å²) in [5.74, 6) is 0.270. The van der Waals surface area contributed by atoms with Crippen LogP contribution in [0.4, 0.5) is 30.4 Å². The lowest BCUT2D eigenvalue weighted by Crippen LogP contribution is -2.29. The van der Waals surface area contributed by atoms with Gasteiger partial charge in [-0.15, -0.1) is 0 Å². The van der Waals surface area contributed by atoms with Crippen molar-refractivity contribution in [3.05, 3.63) is 59.3 Å². The normalized spacial score (nSPS) is 14.2. The van der Waals surface area contributed by atoms with Gasteiger partial charge in [-0.1, -0.05) is 16.8 Å². The molecule has 2 aromatic carbocycles. The molecule has 0 saturated carbocycles. The molecule has 0 fully saturated rings. The smallest absolute Gasteiger partial charge is 0.416 e. The summed E-state index contributed by atoms with van der Waals surface area (Å²) >= 11 is 6.11. The lowest BCUT2D eigenvalue weighted by molar-refractivity contribution is -0.137. The Hall–Kier alpha value is -2.92. The molecule has 0 radical (unpaired) electrons. The first-order valence-corrected chi connectivity index (χ1v) is 10.4. The zero-order valence-electron chi connectivity index (χ0n) is 15.0. The standard InChI is InChI=1S/C18H13ClF3N3O4S/c19-13-9-11(18(20,21)22)1-3-14(13)25-6-8-28-16-10-12(2-4-15(16)25)30(26,27)24-17-5-7-29-23-17/h1-5,7,9-10H,6,8H2,(H,23,24). The van der Waals surface area contributed by atoms with E-state index in [1.807, 2.05) is 0 Å². The monoisotopic (exact) mass is 459 g/mol. The molecule has 0 saturated heterocycles. The minimum atomic E-state index is -4.51. The fourth-order valence-electron chi connectivity index (χ4n) is 2.98. The van der Waals surface area contributed by atoms with Crippen molar-refractivity contribution in [2.45, 2.75) is 11.1 Å². The third-order valence-corrected chi connectivity index (χ3v) is 6.00. The van der Waals surface area contributed by atoms with Gasteiger partial charge in [0.25, 0.3) is 10.0 Å². The van der Waals surface area contributed by atoms with Gasteiger partial charge >= 0.3 is 6.18 Å². The summed E-state index contributed by atoms with van der Waals surface area (Å²) in [7, 11) is -3.95. The van der Waals surface area contributed by atoms with Gasteiger partial charge in [-0.05, 0) is 30.3 Å². The summed E-state index contributed by atoms with van der Waals surface area (Å²) < 4.78 is 76.2. The maximum atomic E-state index is 12.9. The van der Waals surface area contributed by atoms with Gasteiger partial charge in [0.05, 0.1) is 33.4 Å². The Balaban J connectivity index is 1.67. The number of nitrogens with one attached hydrogen (secondary N) is 1. The van der Waals surface area contributed by atoms with E-state index in [9.17, 15) is 21.6 Å². The maximum absolute atomic E-state index is 12.9. The molecule has 0 atom stereocenters. The van der Waals surface area contributed by atoms with Crippen molar-refractivity contribution < 1.29 is 30.8 Å². The first-order valence-electron chi connectivity index (χ1n) is 8.49. The lowest BCUT2D eigenvalue weighted by Gasteiger charge is -2.32. The minimum Gasteiger partial charge on any atom is -0.489 e. The Bertz CT molecular complexity index is 1180. The molecule has 0 spiro atoms. The molecule has 0 unspecified atom stereocenters. The Labute approximate surface area is 174 Å². The predicted octanol–water partition coefficient (Wildman–Crippen LogP) is 4.68. The van der Waals surface area contributed by atoms with Crippen molar-refractivity contribution in [1.82, 2.24) is 5.16 Å². The molecule has 158 valence electrons. The largest absolute Gasteiger partial charge is 0.489 e. The minimum absolute atomic E-state index is 0.0202. The fourth-order valence-corrected chi connectivity index (χ4v) is 4.27. The van der Waals surface area contributed by atoms with E-state index < -0.39 is 21.8 Å². The highest BCUT2D eigenvalue weighted by molar-refractivity contribution is 7.92. The van der Waals surface area contributed by atoms with E-state index in [4.69, 9.17) is 16.3 Å². The second kappa shape index (κ2) is 7.40. The highest BCUT2D eigenvalue weighted by Crippen LogP contribution is 2.42. The van der Waals surface area contributed by atoms with Gasteiger partial charge in [0.2, 0.25) is 0 Å². The highest BCUT2D eigenvalue weighted by atomic mass is 35.5. The number of hydrogen-bond donors (Lipinski definition) is 1. The third-order valence-electron chi connectivity index (χ3n) is 4.35. The third kappa shape index (κ3) is 3.90. The van der Waals surface area contributed by atoms with Gasteiger partial charge < -0.3 is 14.2 Å². The average Bonchev–Trinajstić information content (AvgIpc) is 3.18. The molecule has 0 bridgehead atoms. The number of fused-ring (bicyclic) bond motifs is 1. The van der Waals surface area contributed by atoms with Gasteiger partial charge in [-0.3, -0.25) is 4.72 Å². The van der Waals surface area contributed by atoms with E-state index in [1.54, 1.807) is 4.90 Å². The molecule has 7 nitrogen and oxygen atoms in total. The zero-order valence-corrected chi connectivity index (χ0v) is 16.6. The number of halogens is 4. The summed E-state index contributed by atoms with van der Waals surface area (Å²) in [6.45, 7) is 0.506. The molecule has 1 aliphatic rings. The summed E-state index contributed by atoms with van der Waals surface area (Å²) in [6.07, 6.45) is -3.29. The molecule has 1 aromatic heterocycles. The quantitative estimate of drug-likeness (QED) is 0.610. The Morgan fingerprint density at radius 3 is 2.53 bits per heavy atom. The zero-order chi connectivity index (χ0) is 21.5. The van der Waals surface area contributed by atoms with Crippen LogP contribution < -0.4 is 14.4 Å². The van der Waals surface area contributed by atoms with Crippen LogP contribution in [0.3, 0.4) is 0 Å². The maximum Gasteiger partial charge on any atom is 0.416 e. The Kier molecular flexibility index (Phi) is 5.02. The number of hydrogen-bond acceptors (Lipinski definition) is 6. The number of rotatable bonds is 4. The number of ether oxygens (including phenoxy) is 1. The summed E-state index contributed by atoms with van der Waals surface area (Å²) in [4.78, 5) is 1.59. The molecule has 2 heterocycles. The van der Waals surface area contributed by atoms with Crippen molar-refractivity contribution in [3.63, 3.8) is 0 Å². The van der Waals surface area contributed by atoms with Crippen LogP contribution in [-0.4, -0.2) is 26.7 Å². The molecular weight excluding hydrogens is 447 g/mol. The Morgan fingerprint density at radius 2 is 1.87 bits per heavy atom. The van der Waals surface area contributed by atoms with Crippen LogP contribution in [-0.2, 0) is 16.2 Å². The number of anilines is 3. The number of aromatic nitrogens is 1.